The van der Waals surface area contributed by atoms with Gasteiger partial charge in [0.1, 0.15) is 5.82 Å². The van der Waals surface area contributed by atoms with Crippen LogP contribution in [0.4, 0.5) is 13.2 Å². The monoisotopic (exact) mass is 294 g/mol. The van der Waals surface area contributed by atoms with E-state index in [0.29, 0.717) is 19.3 Å². The highest BCUT2D eigenvalue weighted by atomic mass is 79.9. The second-order valence-electron chi connectivity index (χ2n) is 3.81. The van der Waals surface area contributed by atoms with Crippen molar-refractivity contribution in [2.45, 2.75) is 11.2 Å². The van der Waals surface area contributed by atoms with Gasteiger partial charge in [-0.15, -0.1) is 0 Å². The largest absolute Gasteiger partial charge is 0.381 e. The molecule has 2 unspecified atom stereocenters. The van der Waals surface area contributed by atoms with Gasteiger partial charge in [-0.3, -0.25) is 0 Å². The molecule has 0 N–H and O–H groups in total. The standard InChI is InChI=1S/C11H10BrF3O/c12-11(6-1-2-16-5-6)7-3-9(14)10(15)4-8(7)13/h3-4,6,11H,1-2,5H2. The molecule has 88 valence electrons. The number of rotatable bonds is 2. The quantitative estimate of drug-likeness (QED) is 0.598. The van der Waals surface area contributed by atoms with Gasteiger partial charge in [0.15, 0.2) is 11.6 Å². The molecule has 0 aliphatic carbocycles. The molecule has 0 spiro atoms. The first-order valence-corrected chi connectivity index (χ1v) is 5.87. The van der Waals surface area contributed by atoms with Gasteiger partial charge in [0, 0.05) is 29.0 Å². The van der Waals surface area contributed by atoms with Crippen molar-refractivity contribution in [2.75, 3.05) is 13.2 Å². The van der Waals surface area contributed by atoms with E-state index >= 15 is 0 Å². The van der Waals surface area contributed by atoms with Gasteiger partial charge in [0.2, 0.25) is 0 Å². The zero-order chi connectivity index (χ0) is 11.7. The van der Waals surface area contributed by atoms with Crippen LogP contribution in [0.1, 0.15) is 16.8 Å². The van der Waals surface area contributed by atoms with Crippen LogP contribution in [-0.2, 0) is 4.74 Å². The Morgan fingerprint density at radius 3 is 2.50 bits per heavy atom. The minimum Gasteiger partial charge on any atom is -0.381 e. The summed E-state index contributed by atoms with van der Waals surface area (Å²) in [5.41, 5.74) is 0.148. The summed E-state index contributed by atoms with van der Waals surface area (Å²) in [7, 11) is 0. The Balaban J connectivity index is 2.28. The Kier molecular flexibility index (Phi) is 3.54. The predicted molar refractivity (Wildman–Crippen MR) is 56.9 cm³/mol. The molecule has 1 aromatic carbocycles. The number of benzene rings is 1. The number of ether oxygens (including phenoxy) is 1. The Morgan fingerprint density at radius 2 is 1.88 bits per heavy atom. The lowest BCUT2D eigenvalue weighted by Crippen LogP contribution is -2.09. The predicted octanol–water partition coefficient (Wildman–Crippen LogP) is 3.58. The topological polar surface area (TPSA) is 9.23 Å². The third-order valence-corrected chi connectivity index (χ3v) is 3.96. The minimum absolute atomic E-state index is 0.0966. The van der Waals surface area contributed by atoms with E-state index in [4.69, 9.17) is 4.74 Å². The first-order chi connectivity index (χ1) is 7.59. The molecule has 1 heterocycles. The molecule has 1 aromatic rings. The van der Waals surface area contributed by atoms with Crippen molar-refractivity contribution in [3.8, 4) is 0 Å². The molecule has 0 radical (unpaired) electrons. The van der Waals surface area contributed by atoms with Crippen LogP contribution in [-0.4, -0.2) is 13.2 Å². The fraction of sp³-hybridized carbons (Fsp3) is 0.455. The van der Waals surface area contributed by atoms with E-state index in [0.717, 1.165) is 12.5 Å². The number of hydrogen-bond donors (Lipinski definition) is 0. The third kappa shape index (κ3) is 2.25. The Labute approximate surface area is 99.7 Å². The van der Waals surface area contributed by atoms with Crippen LogP contribution in [0.3, 0.4) is 0 Å². The number of hydrogen-bond acceptors (Lipinski definition) is 1. The van der Waals surface area contributed by atoms with Gasteiger partial charge >= 0.3 is 0 Å². The van der Waals surface area contributed by atoms with Crippen LogP contribution in [0.5, 0.6) is 0 Å². The smallest absolute Gasteiger partial charge is 0.161 e. The highest BCUT2D eigenvalue weighted by molar-refractivity contribution is 9.09. The number of halogens is 4. The van der Waals surface area contributed by atoms with E-state index in [-0.39, 0.29) is 16.3 Å². The Morgan fingerprint density at radius 1 is 1.19 bits per heavy atom. The fourth-order valence-electron chi connectivity index (χ4n) is 1.79. The van der Waals surface area contributed by atoms with Crippen LogP contribution in [0.2, 0.25) is 0 Å². The lowest BCUT2D eigenvalue weighted by molar-refractivity contribution is 0.185. The summed E-state index contributed by atoms with van der Waals surface area (Å²) >= 11 is 3.31. The highest BCUT2D eigenvalue weighted by Gasteiger charge is 2.27. The molecule has 1 nitrogen and oxygen atoms in total. The van der Waals surface area contributed by atoms with Crippen molar-refractivity contribution in [3.63, 3.8) is 0 Å². The molecule has 2 atom stereocenters. The van der Waals surface area contributed by atoms with Crippen LogP contribution in [0.25, 0.3) is 0 Å². The van der Waals surface area contributed by atoms with E-state index in [1.807, 2.05) is 0 Å². The van der Waals surface area contributed by atoms with Crippen LogP contribution in [0.15, 0.2) is 12.1 Å². The van der Waals surface area contributed by atoms with Crippen molar-refractivity contribution in [3.05, 3.63) is 35.1 Å². The second kappa shape index (κ2) is 4.75. The molecule has 5 heteroatoms. The molecule has 0 aromatic heterocycles. The van der Waals surface area contributed by atoms with Crippen molar-refractivity contribution in [1.29, 1.82) is 0 Å². The van der Waals surface area contributed by atoms with Crippen molar-refractivity contribution in [2.24, 2.45) is 5.92 Å². The van der Waals surface area contributed by atoms with Crippen LogP contribution < -0.4 is 0 Å². The van der Waals surface area contributed by atoms with Crippen molar-refractivity contribution < 1.29 is 17.9 Å². The maximum Gasteiger partial charge on any atom is 0.161 e. The normalized spacial score (nSPS) is 22.4. The molecular formula is C11H10BrF3O. The van der Waals surface area contributed by atoms with E-state index in [9.17, 15) is 13.2 Å². The van der Waals surface area contributed by atoms with Gasteiger partial charge in [-0.25, -0.2) is 13.2 Å². The van der Waals surface area contributed by atoms with Gasteiger partial charge in [-0.05, 0) is 12.5 Å². The minimum atomic E-state index is -1.16. The van der Waals surface area contributed by atoms with Gasteiger partial charge in [0.25, 0.3) is 0 Å². The highest BCUT2D eigenvalue weighted by Crippen LogP contribution is 2.37. The van der Waals surface area contributed by atoms with Crippen LogP contribution in [0, 0.1) is 23.4 Å². The first-order valence-electron chi connectivity index (χ1n) is 4.96. The third-order valence-electron chi connectivity index (χ3n) is 2.72. The first kappa shape index (κ1) is 11.9. The van der Waals surface area contributed by atoms with Crippen molar-refractivity contribution >= 4 is 15.9 Å². The summed E-state index contributed by atoms with van der Waals surface area (Å²) < 4.78 is 44.4. The summed E-state index contributed by atoms with van der Waals surface area (Å²) in [6, 6.07) is 1.48. The maximum atomic E-state index is 13.5. The van der Waals surface area contributed by atoms with E-state index in [2.05, 4.69) is 15.9 Å². The molecule has 2 rings (SSSR count). The molecule has 0 saturated carbocycles. The van der Waals surface area contributed by atoms with Gasteiger partial charge in [0.05, 0.1) is 6.61 Å². The SMILES string of the molecule is Fc1cc(F)c(C(Br)C2CCOC2)cc1F. The summed E-state index contributed by atoms with van der Waals surface area (Å²) in [4.78, 5) is -0.343. The van der Waals surface area contributed by atoms with Gasteiger partial charge in [-0.2, -0.15) is 0 Å². The summed E-state index contributed by atoms with van der Waals surface area (Å²) in [6.07, 6.45) is 0.786. The van der Waals surface area contributed by atoms with Crippen molar-refractivity contribution in [1.82, 2.24) is 0 Å². The van der Waals surface area contributed by atoms with E-state index < -0.39 is 17.5 Å². The zero-order valence-electron chi connectivity index (χ0n) is 8.35. The average molecular weight is 295 g/mol. The second-order valence-corrected chi connectivity index (χ2v) is 4.80. The summed E-state index contributed by atoms with van der Waals surface area (Å²) in [5, 5.41) is 0. The molecule has 1 saturated heterocycles. The molecule has 16 heavy (non-hydrogen) atoms. The lowest BCUT2D eigenvalue weighted by atomic mass is 9.98. The molecule has 0 amide bonds. The lowest BCUT2D eigenvalue weighted by Gasteiger charge is -2.17. The van der Waals surface area contributed by atoms with Gasteiger partial charge in [-0.1, -0.05) is 15.9 Å². The maximum absolute atomic E-state index is 13.5. The van der Waals surface area contributed by atoms with Crippen LogP contribution >= 0.6 is 15.9 Å². The number of alkyl halides is 1. The fourth-order valence-corrected chi connectivity index (χ4v) is 2.55. The summed E-state index contributed by atoms with van der Waals surface area (Å²) in [6.45, 7) is 1.13. The van der Waals surface area contributed by atoms with E-state index in [1.54, 1.807) is 0 Å². The molecule has 1 aliphatic heterocycles. The zero-order valence-corrected chi connectivity index (χ0v) is 9.94. The molecule has 1 fully saturated rings. The molecule has 0 bridgehead atoms. The Hall–Kier alpha value is -0.550. The van der Waals surface area contributed by atoms with E-state index in [1.165, 1.54) is 0 Å². The average Bonchev–Trinajstić information content (AvgIpc) is 2.75. The molecule has 1 aliphatic rings. The Bertz CT molecular complexity index is 391. The summed E-state index contributed by atoms with van der Waals surface area (Å²) in [5.74, 6) is -2.82. The van der Waals surface area contributed by atoms with Gasteiger partial charge < -0.3 is 4.74 Å². The molecular weight excluding hydrogens is 285 g/mol.